The van der Waals surface area contributed by atoms with Crippen LogP contribution in [0.5, 0.6) is 0 Å². The van der Waals surface area contributed by atoms with Crippen molar-refractivity contribution in [3.8, 4) is 0 Å². The third-order valence-electron chi connectivity index (χ3n) is 8.77. The molecule has 6 nitrogen and oxygen atoms in total. The summed E-state index contributed by atoms with van der Waals surface area (Å²) in [6.07, 6.45) is 11.0. The molecule has 5 rings (SSSR count). The van der Waals surface area contributed by atoms with Crippen molar-refractivity contribution in [2.75, 3.05) is 66.1 Å². The number of hydrogen-bond donors (Lipinski definition) is 1. The number of aliphatic imine (C=N–C) groups is 1. The number of nitrogens with one attached hydrogen (secondary N) is 1. The summed E-state index contributed by atoms with van der Waals surface area (Å²) >= 11 is 0. The first-order valence-corrected chi connectivity index (χ1v) is 12.3. The molecular formula is C23H41N5O. The number of likely N-dealkylation sites (tertiary alicyclic amines) is 1. The van der Waals surface area contributed by atoms with E-state index in [-0.39, 0.29) is 5.54 Å². The van der Waals surface area contributed by atoms with E-state index >= 15 is 0 Å². The number of rotatable bonds is 4. The predicted octanol–water partition coefficient (Wildman–Crippen LogP) is 2.01. The summed E-state index contributed by atoms with van der Waals surface area (Å²) in [6.45, 7) is 9.97. The largest absolute Gasteiger partial charge is 0.381 e. The Kier molecular flexibility index (Phi) is 6.03. The van der Waals surface area contributed by atoms with Gasteiger partial charge in [-0.25, -0.2) is 0 Å². The van der Waals surface area contributed by atoms with E-state index in [1.807, 2.05) is 7.05 Å². The van der Waals surface area contributed by atoms with Gasteiger partial charge in [0.05, 0.1) is 0 Å². The van der Waals surface area contributed by atoms with E-state index < -0.39 is 0 Å². The zero-order chi connectivity index (χ0) is 19.7. The Morgan fingerprint density at radius 2 is 1.76 bits per heavy atom. The van der Waals surface area contributed by atoms with Crippen LogP contribution in [0.3, 0.4) is 0 Å². The zero-order valence-corrected chi connectivity index (χ0v) is 18.4. The number of guanidine groups is 1. The highest BCUT2D eigenvalue weighted by atomic mass is 16.5. The Bertz CT molecular complexity index is 576. The Morgan fingerprint density at radius 1 is 1.00 bits per heavy atom. The third kappa shape index (κ3) is 4.05. The fourth-order valence-corrected chi connectivity index (χ4v) is 7.05. The van der Waals surface area contributed by atoms with Crippen molar-refractivity contribution in [1.82, 2.24) is 20.0 Å². The first kappa shape index (κ1) is 20.1. The molecule has 0 aromatic carbocycles. The van der Waals surface area contributed by atoms with Crippen LogP contribution < -0.4 is 5.32 Å². The van der Waals surface area contributed by atoms with Crippen molar-refractivity contribution in [3.05, 3.63) is 0 Å². The summed E-state index contributed by atoms with van der Waals surface area (Å²) in [5.41, 5.74) is 0.260. The molecule has 29 heavy (non-hydrogen) atoms. The Labute approximate surface area is 177 Å². The van der Waals surface area contributed by atoms with Gasteiger partial charge in [0.1, 0.15) is 0 Å². The van der Waals surface area contributed by atoms with Gasteiger partial charge >= 0.3 is 0 Å². The van der Waals surface area contributed by atoms with E-state index in [1.54, 1.807) is 0 Å². The molecule has 0 radical (unpaired) electrons. The Balaban J connectivity index is 1.15. The summed E-state index contributed by atoms with van der Waals surface area (Å²) in [5.74, 6) is 3.15. The van der Waals surface area contributed by atoms with Gasteiger partial charge in [-0.3, -0.25) is 14.8 Å². The molecule has 0 amide bonds. The van der Waals surface area contributed by atoms with Crippen LogP contribution in [0, 0.1) is 11.8 Å². The second-order valence-corrected chi connectivity index (χ2v) is 10.2. The van der Waals surface area contributed by atoms with Crippen molar-refractivity contribution in [2.45, 2.75) is 62.9 Å². The monoisotopic (exact) mass is 403 g/mol. The maximum atomic E-state index is 5.71. The smallest absolute Gasteiger partial charge is 0.193 e. The van der Waals surface area contributed by atoms with Crippen molar-refractivity contribution in [2.24, 2.45) is 16.8 Å². The lowest BCUT2D eigenvalue weighted by Crippen LogP contribution is -2.60. The van der Waals surface area contributed by atoms with Crippen LogP contribution in [-0.2, 0) is 4.74 Å². The molecule has 2 saturated carbocycles. The molecule has 3 unspecified atom stereocenters. The van der Waals surface area contributed by atoms with E-state index in [4.69, 9.17) is 4.74 Å². The van der Waals surface area contributed by atoms with Crippen LogP contribution in [-0.4, -0.2) is 98.3 Å². The fourth-order valence-electron chi connectivity index (χ4n) is 7.05. The molecule has 0 aromatic heterocycles. The van der Waals surface area contributed by atoms with Gasteiger partial charge < -0.3 is 15.0 Å². The molecule has 1 N–H and O–H groups in total. The van der Waals surface area contributed by atoms with Crippen LogP contribution in [0.4, 0.5) is 0 Å². The molecule has 0 aromatic rings. The lowest BCUT2D eigenvalue weighted by molar-refractivity contribution is -0.0167. The van der Waals surface area contributed by atoms with Gasteiger partial charge in [0, 0.05) is 64.6 Å². The first-order valence-electron chi connectivity index (χ1n) is 12.3. The van der Waals surface area contributed by atoms with E-state index in [2.05, 4.69) is 25.0 Å². The summed E-state index contributed by atoms with van der Waals surface area (Å²) in [5, 5.41) is 3.80. The minimum Gasteiger partial charge on any atom is -0.381 e. The second kappa shape index (κ2) is 8.72. The van der Waals surface area contributed by atoms with Crippen molar-refractivity contribution >= 4 is 5.96 Å². The lowest BCUT2D eigenvalue weighted by atomic mass is 9.88. The summed E-state index contributed by atoms with van der Waals surface area (Å²) in [4.78, 5) is 12.7. The number of ether oxygens (including phenoxy) is 1. The van der Waals surface area contributed by atoms with Crippen molar-refractivity contribution in [3.63, 3.8) is 0 Å². The first-order chi connectivity index (χ1) is 14.3. The van der Waals surface area contributed by atoms with E-state index in [1.165, 1.54) is 64.7 Å². The molecule has 5 fully saturated rings. The summed E-state index contributed by atoms with van der Waals surface area (Å²) in [6, 6.07) is 0.881. The second-order valence-electron chi connectivity index (χ2n) is 10.2. The predicted molar refractivity (Wildman–Crippen MR) is 117 cm³/mol. The quantitative estimate of drug-likeness (QED) is 0.575. The van der Waals surface area contributed by atoms with Gasteiger partial charge in [-0.2, -0.15) is 0 Å². The number of nitrogens with zero attached hydrogens (tertiary/aromatic N) is 4. The third-order valence-corrected chi connectivity index (χ3v) is 8.77. The van der Waals surface area contributed by atoms with Crippen molar-refractivity contribution < 1.29 is 4.74 Å². The SMILES string of the molecule is CN=C(NCC1(N2CCCC2)CCOCC1)N1CCN(C2CC3CCC2C3)CC1. The summed E-state index contributed by atoms with van der Waals surface area (Å²) in [7, 11) is 1.96. The molecular weight excluding hydrogens is 362 g/mol. The molecule has 3 atom stereocenters. The van der Waals surface area contributed by atoms with Crippen molar-refractivity contribution in [1.29, 1.82) is 0 Å². The van der Waals surface area contributed by atoms with E-state index in [0.717, 1.165) is 69.5 Å². The normalized spacial score (nSPS) is 36.1. The van der Waals surface area contributed by atoms with Gasteiger partial charge in [-0.05, 0) is 69.9 Å². The molecule has 2 bridgehead atoms. The molecule has 164 valence electrons. The Morgan fingerprint density at radius 3 is 2.38 bits per heavy atom. The van der Waals surface area contributed by atoms with Gasteiger partial charge in [-0.15, -0.1) is 0 Å². The zero-order valence-electron chi connectivity index (χ0n) is 18.4. The highest BCUT2D eigenvalue weighted by Crippen LogP contribution is 2.46. The summed E-state index contributed by atoms with van der Waals surface area (Å²) < 4.78 is 5.71. The maximum Gasteiger partial charge on any atom is 0.193 e. The minimum absolute atomic E-state index is 0.260. The van der Waals surface area contributed by atoms with Crippen LogP contribution in [0.2, 0.25) is 0 Å². The highest BCUT2D eigenvalue weighted by molar-refractivity contribution is 5.80. The van der Waals surface area contributed by atoms with Gasteiger partial charge in [-0.1, -0.05) is 6.42 Å². The lowest BCUT2D eigenvalue weighted by Gasteiger charge is -2.46. The molecule has 3 aliphatic heterocycles. The van der Waals surface area contributed by atoms with E-state index in [9.17, 15) is 0 Å². The molecule has 2 aliphatic carbocycles. The van der Waals surface area contributed by atoms with Gasteiger partial charge in [0.15, 0.2) is 5.96 Å². The average Bonchev–Trinajstić information content (AvgIpc) is 3.54. The standard InChI is InChI=1S/C23H41N5O/c1-24-22(25-18-23(6-14-29-15-7-23)28-8-2-3-9-28)27-12-10-26(11-13-27)21-17-19-4-5-20(21)16-19/h19-21H,2-18H2,1H3,(H,24,25). The van der Waals surface area contributed by atoms with E-state index in [0.29, 0.717) is 0 Å². The topological polar surface area (TPSA) is 43.3 Å². The molecule has 5 aliphatic rings. The van der Waals surface area contributed by atoms with Gasteiger partial charge in [0.2, 0.25) is 0 Å². The molecule has 3 saturated heterocycles. The number of hydrogen-bond acceptors (Lipinski definition) is 4. The van der Waals surface area contributed by atoms with Crippen LogP contribution in [0.15, 0.2) is 4.99 Å². The van der Waals surface area contributed by atoms with Crippen LogP contribution in [0.25, 0.3) is 0 Å². The fraction of sp³-hybridized carbons (Fsp3) is 0.957. The Hall–Kier alpha value is -0.850. The molecule has 3 heterocycles. The molecule has 6 heteroatoms. The average molecular weight is 404 g/mol. The highest BCUT2D eigenvalue weighted by Gasteiger charge is 2.43. The number of piperazine rings is 1. The maximum absolute atomic E-state index is 5.71. The number of fused-ring (bicyclic) bond motifs is 2. The molecule has 0 spiro atoms. The van der Waals surface area contributed by atoms with Crippen LogP contribution in [0.1, 0.15) is 51.4 Å². The van der Waals surface area contributed by atoms with Crippen LogP contribution >= 0.6 is 0 Å². The minimum atomic E-state index is 0.260. The van der Waals surface area contributed by atoms with Gasteiger partial charge in [0.25, 0.3) is 0 Å².